The van der Waals surface area contributed by atoms with Crippen molar-refractivity contribution in [2.24, 2.45) is 21.1 Å². The number of rotatable bonds is 0. The number of hydrogen-bond donors (Lipinski definition) is 1. The van der Waals surface area contributed by atoms with E-state index in [2.05, 4.69) is 10.1 Å². The lowest BCUT2D eigenvalue weighted by molar-refractivity contribution is -0.141. The van der Waals surface area contributed by atoms with E-state index < -0.39 is 22.7 Å². The van der Waals surface area contributed by atoms with Gasteiger partial charge in [-0.3, -0.25) is 4.99 Å². The van der Waals surface area contributed by atoms with Crippen molar-refractivity contribution in [3.8, 4) is 5.82 Å². The molecule has 0 radical (unpaired) electrons. The summed E-state index contributed by atoms with van der Waals surface area (Å²) in [7, 11) is 0. The number of halogens is 3. The number of nitrogens with two attached hydrogens (primary N) is 1. The highest BCUT2D eigenvalue weighted by atomic mass is 19.4. The van der Waals surface area contributed by atoms with Gasteiger partial charge in [0, 0.05) is 16.7 Å². The van der Waals surface area contributed by atoms with Gasteiger partial charge < -0.3 is 5.73 Å². The summed E-state index contributed by atoms with van der Waals surface area (Å²) >= 11 is 0. The first-order valence-corrected chi connectivity index (χ1v) is 11.8. The van der Waals surface area contributed by atoms with E-state index in [9.17, 15) is 13.2 Å². The minimum atomic E-state index is -4.58. The SMILES string of the molecule is CC(C)(C)C(N)=NC1=NC2C[C@@H]2c2cc(C(F)(F)F)nn2-c2cccc(n2)C(C)(C)c2cccc1n2. The molecule has 1 saturated carbocycles. The zero-order valence-electron chi connectivity index (χ0n) is 20.8. The molecule has 3 aromatic heterocycles. The predicted octanol–water partition coefficient (Wildman–Crippen LogP) is 5.03. The molecule has 2 N–H and O–H groups in total. The molecule has 4 bridgehead atoms. The maximum atomic E-state index is 13.6. The minimum Gasteiger partial charge on any atom is -0.387 e. The molecule has 2 atom stereocenters. The topological polar surface area (TPSA) is 94.3 Å². The monoisotopic (exact) mass is 495 g/mol. The Balaban J connectivity index is 1.76. The molecule has 3 aromatic rings. The number of aromatic nitrogens is 4. The van der Waals surface area contributed by atoms with Crippen molar-refractivity contribution >= 4 is 11.7 Å². The van der Waals surface area contributed by atoms with Crippen molar-refractivity contribution in [1.82, 2.24) is 19.7 Å². The average Bonchev–Trinajstić information content (AvgIpc) is 3.41. The molecule has 2 aliphatic rings. The Bertz CT molecular complexity index is 1390. The third kappa shape index (κ3) is 4.29. The minimum absolute atomic E-state index is 0.267. The van der Waals surface area contributed by atoms with E-state index in [1.165, 1.54) is 4.68 Å². The van der Waals surface area contributed by atoms with Gasteiger partial charge in [-0.25, -0.2) is 19.6 Å². The lowest BCUT2D eigenvalue weighted by Gasteiger charge is -2.25. The summed E-state index contributed by atoms with van der Waals surface area (Å²) < 4.78 is 42.2. The van der Waals surface area contributed by atoms with E-state index in [0.29, 0.717) is 41.0 Å². The second-order valence-electron chi connectivity index (χ2n) is 10.9. The van der Waals surface area contributed by atoms with Crippen molar-refractivity contribution in [3.05, 3.63) is 70.9 Å². The summed E-state index contributed by atoms with van der Waals surface area (Å²) in [5.41, 5.74) is 6.65. The van der Waals surface area contributed by atoms with Gasteiger partial charge in [0.25, 0.3) is 0 Å². The molecular formula is C26H28F3N7. The number of aliphatic imine (C=N–C) groups is 2. The predicted molar refractivity (Wildman–Crippen MR) is 131 cm³/mol. The van der Waals surface area contributed by atoms with Crippen LogP contribution in [-0.2, 0) is 11.6 Å². The largest absolute Gasteiger partial charge is 0.435 e. The van der Waals surface area contributed by atoms with Crippen molar-refractivity contribution in [2.45, 2.75) is 64.6 Å². The van der Waals surface area contributed by atoms with Crippen molar-refractivity contribution in [3.63, 3.8) is 0 Å². The molecule has 1 aliphatic carbocycles. The Kier molecular flexibility index (Phi) is 5.35. The third-order valence-electron chi connectivity index (χ3n) is 6.66. The summed E-state index contributed by atoms with van der Waals surface area (Å²) in [5, 5.41) is 3.92. The first-order chi connectivity index (χ1) is 16.7. The molecule has 4 heterocycles. The van der Waals surface area contributed by atoms with E-state index in [4.69, 9.17) is 20.7 Å². The number of nitrogens with zero attached hydrogens (tertiary/aromatic N) is 6. The van der Waals surface area contributed by atoms with Gasteiger partial charge in [-0.1, -0.05) is 32.9 Å². The fourth-order valence-corrected chi connectivity index (χ4v) is 4.14. The van der Waals surface area contributed by atoms with Crippen LogP contribution in [0.15, 0.2) is 52.4 Å². The van der Waals surface area contributed by atoms with Gasteiger partial charge in [0.15, 0.2) is 17.3 Å². The van der Waals surface area contributed by atoms with E-state index in [1.54, 1.807) is 12.1 Å². The third-order valence-corrected chi connectivity index (χ3v) is 6.66. The summed E-state index contributed by atoms with van der Waals surface area (Å²) in [6, 6.07) is 11.7. The molecule has 1 aliphatic heterocycles. The molecule has 0 aromatic carbocycles. The number of fused-ring (bicyclic) bond motifs is 8. The van der Waals surface area contributed by atoms with Crippen LogP contribution in [0.1, 0.15) is 75.4 Å². The lowest BCUT2D eigenvalue weighted by Crippen LogP contribution is -2.30. The molecule has 36 heavy (non-hydrogen) atoms. The van der Waals surface area contributed by atoms with Gasteiger partial charge >= 0.3 is 6.18 Å². The molecule has 10 heteroatoms. The summed E-state index contributed by atoms with van der Waals surface area (Å²) in [6.07, 6.45) is -4.02. The Morgan fingerprint density at radius 3 is 2.39 bits per heavy atom. The summed E-state index contributed by atoms with van der Waals surface area (Å²) in [5.74, 6) is 0.823. The van der Waals surface area contributed by atoms with Gasteiger partial charge in [-0.05, 0) is 50.6 Å². The molecule has 1 fully saturated rings. The highest BCUT2D eigenvalue weighted by Crippen LogP contribution is 2.46. The van der Waals surface area contributed by atoms with Gasteiger partial charge in [-0.15, -0.1) is 0 Å². The quantitative estimate of drug-likeness (QED) is 0.350. The molecule has 0 saturated heterocycles. The van der Waals surface area contributed by atoms with E-state index in [0.717, 1.165) is 11.8 Å². The Morgan fingerprint density at radius 1 is 1.06 bits per heavy atom. The Hall–Kier alpha value is -3.56. The highest BCUT2D eigenvalue weighted by molar-refractivity contribution is 6.06. The van der Waals surface area contributed by atoms with Gasteiger partial charge in [-0.2, -0.15) is 18.3 Å². The van der Waals surface area contributed by atoms with E-state index in [1.807, 2.05) is 58.9 Å². The molecule has 7 nitrogen and oxygen atoms in total. The van der Waals surface area contributed by atoms with Crippen molar-refractivity contribution < 1.29 is 13.2 Å². The maximum Gasteiger partial charge on any atom is 0.435 e. The van der Waals surface area contributed by atoms with Crippen LogP contribution < -0.4 is 5.73 Å². The second-order valence-corrected chi connectivity index (χ2v) is 10.9. The highest BCUT2D eigenvalue weighted by Gasteiger charge is 2.45. The standard InChI is InChI=1S/C26H28F3N7/c1-24(2,3)23(30)34-22-15-8-6-9-18(31-15)25(4,5)19-10-7-11-21(33-19)36-17(14-12-16(14)32-22)13-20(35-36)26(27,28)29/h6-11,13-14,16H,12H2,1-5H3,(H2,30,32,34)/t14-,16?/m0/s1. The van der Waals surface area contributed by atoms with Crippen LogP contribution in [0.2, 0.25) is 0 Å². The Labute approximate surface area is 207 Å². The number of hydrogen-bond acceptors (Lipinski definition) is 5. The molecule has 1 unspecified atom stereocenters. The van der Waals surface area contributed by atoms with Crippen LogP contribution in [0.4, 0.5) is 13.2 Å². The summed E-state index contributed by atoms with van der Waals surface area (Å²) in [6.45, 7) is 9.80. The van der Waals surface area contributed by atoms with E-state index >= 15 is 0 Å². The average molecular weight is 496 g/mol. The summed E-state index contributed by atoms with van der Waals surface area (Å²) in [4.78, 5) is 19.1. The first-order valence-electron chi connectivity index (χ1n) is 11.8. The molecule has 0 amide bonds. The molecule has 0 spiro atoms. The van der Waals surface area contributed by atoms with Crippen LogP contribution in [0.5, 0.6) is 0 Å². The maximum absolute atomic E-state index is 13.6. The fraction of sp³-hybridized carbons (Fsp3) is 0.423. The lowest BCUT2D eigenvalue weighted by atomic mass is 9.84. The zero-order chi connectivity index (χ0) is 26.0. The van der Waals surface area contributed by atoms with E-state index in [-0.39, 0.29) is 12.0 Å². The first kappa shape index (κ1) is 24.1. The van der Waals surface area contributed by atoms with Crippen molar-refractivity contribution in [2.75, 3.05) is 0 Å². The number of pyridine rings is 2. The normalized spacial score (nSPS) is 21.3. The Morgan fingerprint density at radius 2 is 1.72 bits per heavy atom. The molecule has 5 rings (SSSR count). The van der Waals surface area contributed by atoms with Crippen LogP contribution in [0.3, 0.4) is 0 Å². The zero-order valence-corrected chi connectivity index (χ0v) is 20.8. The van der Waals surface area contributed by atoms with Crippen LogP contribution in [0.25, 0.3) is 5.82 Å². The number of amidine groups is 2. The van der Waals surface area contributed by atoms with Crippen molar-refractivity contribution in [1.29, 1.82) is 0 Å². The van der Waals surface area contributed by atoms with Crippen LogP contribution in [-0.4, -0.2) is 37.5 Å². The van der Waals surface area contributed by atoms with Gasteiger partial charge in [0.2, 0.25) is 0 Å². The number of alkyl halides is 3. The molecular weight excluding hydrogens is 467 g/mol. The molecule has 188 valence electrons. The van der Waals surface area contributed by atoms with Crippen LogP contribution in [0, 0.1) is 5.41 Å². The van der Waals surface area contributed by atoms with Gasteiger partial charge in [0.05, 0.1) is 23.1 Å². The fourth-order valence-electron chi connectivity index (χ4n) is 4.14. The smallest absolute Gasteiger partial charge is 0.387 e. The van der Waals surface area contributed by atoms with Crippen LogP contribution >= 0.6 is 0 Å². The second kappa shape index (κ2) is 7.97. The van der Waals surface area contributed by atoms with Gasteiger partial charge in [0.1, 0.15) is 11.5 Å².